The number of esters is 3. The number of ether oxygens (including phenoxy) is 4. The second kappa shape index (κ2) is 8.68. The third-order valence-corrected chi connectivity index (χ3v) is 2.98. The first-order valence-corrected chi connectivity index (χ1v) is 7.05. The molecule has 0 aromatic rings. The average Bonchev–Trinajstić information content (AvgIpc) is 2.43. The number of isothiocyanates is 1. The number of nitrogens with zero attached hydrogens (tertiary/aromatic N) is 1. The molecular formula is C13H17NO8S. The number of thiocarbonyl (C=S) groups is 1. The Bertz CT molecular complexity index is 518. The summed E-state index contributed by atoms with van der Waals surface area (Å²) in [5.41, 5.74) is 0. The Morgan fingerprint density at radius 2 is 1.78 bits per heavy atom. The van der Waals surface area contributed by atoms with Crippen LogP contribution in [0.1, 0.15) is 20.8 Å². The first-order valence-electron chi connectivity index (χ1n) is 6.64. The fraction of sp³-hybridized carbons (Fsp3) is 0.692. The number of aliphatic hydroxyl groups is 1. The fourth-order valence-corrected chi connectivity index (χ4v) is 2.15. The summed E-state index contributed by atoms with van der Waals surface area (Å²) in [7, 11) is 0. The Hall–Kier alpha value is -1.87. The van der Waals surface area contributed by atoms with E-state index in [9.17, 15) is 19.5 Å². The summed E-state index contributed by atoms with van der Waals surface area (Å²) in [6, 6.07) is -1.09. The van der Waals surface area contributed by atoms with Gasteiger partial charge in [0, 0.05) is 20.8 Å². The van der Waals surface area contributed by atoms with Crippen molar-refractivity contribution in [1.82, 2.24) is 0 Å². The van der Waals surface area contributed by atoms with Gasteiger partial charge >= 0.3 is 17.9 Å². The summed E-state index contributed by atoms with van der Waals surface area (Å²) in [4.78, 5) is 37.1. The molecule has 23 heavy (non-hydrogen) atoms. The van der Waals surface area contributed by atoms with Crippen molar-refractivity contribution in [1.29, 1.82) is 0 Å². The van der Waals surface area contributed by atoms with Gasteiger partial charge in [0.2, 0.25) is 6.29 Å². The molecule has 1 N–H and O–H groups in total. The van der Waals surface area contributed by atoms with Crippen LogP contribution in [0.15, 0.2) is 4.99 Å². The molecule has 0 aliphatic carbocycles. The fourth-order valence-electron chi connectivity index (χ4n) is 2.03. The van der Waals surface area contributed by atoms with Crippen molar-refractivity contribution in [3.8, 4) is 0 Å². The minimum Gasteiger partial charge on any atom is -0.463 e. The maximum absolute atomic E-state index is 11.3. The molecule has 1 saturated heterocycles. The molecule has 5 atom stereocenters. The molecule has 0 radical (unpaired) electrons. The third-order valence-electron chi connectivity index (χ3n) is 2.88. The van der Waals surface area contributed by atoms with Gasteiger partial charge in [0.1, 0.15) is 18.8 Å². The zero-order valence-electron chi connectivity index (χ0n) is 12.8. The van der Waals surface area contributed by atoms with Crippen molar-refractivity contribution in [2.24, 2.45) is 4.99 Å². The zero-order valence-corrected chi connectivity index (χ0v) is 13.6. The van der Waals surface area contributed by atoms with E-state index in [0.29, 0.717) is 0 Å². The summed E-state index contributed by atoms with van der Waals surface area (Å²) in [5, 5.41) is 12.4. The van der Waals surface area contributed by atoms with Crippen LogP contribution in [-0.4, -0.2) is 65.4 Å². The molecule has 0 saturated carbocycles. The van der Waals surface area contributed by atoms with E-state index in [2.05, 4.69) is 22.4 Å². The van der Waals surface area contributed by atoms with Crippen molar-refractivity contribution in [3.63, 3.8) is 0 Å². The van der Waals surface area contributed by atoms with Crippen LogP contribution in [0.2, 0.25) is 0 Å². The van der Waals surface area contributed by atoms with E-state index in [4.69, 9.17) is 18.9 Å². The van der Waals surface area contributed by atoms with Crippen LogP contribution in [0.5, 0.6) is 0 Å². The van der Waals surface area contributed by atoms with Crippen LogP contribution in [0.4, 0.5) is 0 Å². The monoisotopic (exact) mass is 347 g/mol. The molecular weight excluding hydrogens is 330 g/mol. The van der Waals surface area contributed by atoms with Crippen LogP contribution < -0.4 is 0 Å². The quantitative estimate of drug-likeness (QED) is 0.306. The normalized spacial score (nSPS) is 29.8. The molecule has 9 nitrogen and oxygen atoms in total. The molecule has 0 bridgehead atoms. The lowest BCUT2D eigenvalue weighted by Crippen LogP contribution is -2.60. The van der Waals surface area contributed by atoms with Gasteiger partial charge in [-0.3, -0.25) is 14.4 Å². The highest BCUT2D eigenvalue weighted by atomic mass is 32.1. The van der Waals surface area contributed by atoms with Crippen LogP contribution >= 0.6 is 12.2 Å². The Balaban J connectivity index is 3.06. The number of carbonyl (C=O) groups excluding carboxylic acids is 3. The molecule has 128 valence electrons. The molecule has 1 aliphatic heterocycles. The smallest absolute Gasteiger partial charge is 0.305 e. The highest BCUT2D eigenvalue weighted by Crippen LogP contribution is 2.27. The lowest BCUT2D eigenvalue weighted by molar-refractivity contribution is -0.262. The van der Waals surface area contributed by atoms with Crippen molar-refractivity contribution in [2.75, 3.05) is 6.61 Å². The molecule has 1 unspecified atom stereocenters. The summed E-state index contributed by atoms with van der Waals surface area (Å²) in [6.45, 7) is 3.15. The number of hydrogen-bond acceptors (Lipinski definition) is 10. The lowest BCUT2D eigenvalue weighted by atomic mass is 9.97. The van der Waals surface area contributed by atoms with Crippen LogP contribution in [0.25, 0.3) is 0 Å². The van der Waals surface area contributed by atoms with E-state index >= 15 is 0 Å². The van der Waals surface area contributed by atoms with E-state index in [1.807, 2.05) is 0 Å². The van der Waals surface area contributed by atoms with Crippen LogP contribution in [0.3, 0.4) is 0 Å². The number of hydrogen-bond donors (Lipinski definition) is 1. The summed E-state index contributed by atoms with van der Waals surface area (Å²) >= 11 is 4.52. The summed E-state index contributed by atoms with van der Waals surface area (Å²) in [5.74, 6) is -1.95. The molecule has 0 aromatic carbocycles. The second-order valence-corrected chi connectivity index (χ2v) is 4.91. The van der Waals surface area contributed by atoms with E-state index in [1.54, 1.807) is 0 Å². The van der Waals surface area contributed by atoms with Crippen LogP contribution in [-0.2, 0) is 33.3 Å². The summed E-state index contributed by atoms with van der Waals surface area (Å²) < 4.78 is 20.2. The van der Waals surface area contributed by atoms with Gasteiger partial charge in [0.15, 0.2) is 12.1 Å². The molecule has 0 spiro atoms. The van der Waals surface area contributed by atoms with E-state index in [-0.39, 0.29) is 6.61 Å². The SMILES string of the molecule is CC(=O)OC[C@H]1OC(OC(C)=O)[C@H](N=C=S)[C@@H](OC(C)=O)[C@@H]1O. The van der Waals surface area contributed by atoms with Gasteiger partial charge in [-0.05, 0) is 12.2 Å². The molecule has 1 rings (SSSR count). The molecule has 0 amide bonds. The van der Waals surface area contributed by atoms with Crippen molar-refractivity contribution in [3.05, 3.63) is 0 Å². The Kier molecular flexibility index (Phi) is 7.24. The Morgan fingerprint density at radius 1 is 1.17 bits per heavy atom. The topological polar surface area (TPSA) is 121 Å². The van der Waals surface area contributed by atoms with Gasteiger partial charge in [0.05, 0.1) is 5.16 Å². The average molecular weight is 347 g/mol. The summed E-state index contributed by atoms with van der Waals surface area (Å²) in [6.07, 6.45) is -4.94. The van der Waals surface area contributed by atoms with Gasteiger partial charge in [0.25, 0.3) is 0 Å². The van der Waals surface area contributed by atoms with Gasteiger partial charge in [-0.2, -0.15) is 0 Å². The van der Waals surface area contributed by atoms with Crippen molar-refractivity contribution in [2.45, 2.75) is 51.4 Å². The molecule has 1 aliphatic rings. The minimum atomic E-state index is -1.37. The van der Waals surface area contributed by atoms with E-state index in [1.165, 1.54) is 6.92 Å². The number of rotatable bonds is 5. The maximum atomic E-state index is 11.3. The maximum Gasteiger partial charge on any atom is 0.305 e. The van der Waals surface area contributed by atoms with Crippen molar-refractivity contribution >= 4 is 35.3 Å². The Morgan fingerprint density at radius 3 is 2.26 bits per heavy atom. The number of carbonyl (C=O) groups is 3. The minimum absolute atomic E-state index is 0.319. The van der Waals surface area contributed by atoms with Gasteiger partial charge in [-0.25, -0.2) is 4.99 Å². The first kappa shape index (κ1) is 19.2. The van der Waals surface area contributed by atoms with Gasteiger partial charge in [-0.15, -0.1) is 0 Å². The van der Waals surface area contributed by atoms with Crippen LogP contribution in [0, 0.1) is 0 Å². The predicted molar refractivity (Wildman–Crippen MR) is 77.4 cm³/mol. The molecule has 10 heteroatoms. The highest BCUT2D eigenvalue weighted by molar-refractivity contribution is 7.78. The molecule has 1 heterocycles. The van der Waals surface area contributed by atoms with Crippen molar-refractivity contribution < 1.29 is 38.4 Å². The molecule has 0 aromatic heterocycles. The van der Waals surface area contributed by atoms with Gasteiger partial charge < -0.3 is 24.1 Å². The second-order valence-electron chi connectivity index (χ2n) is 4.73. The largest absolute Gasteiger partial charge is 0.463 e. The predicted octanol–water partition coefficient (Wildman–Crippen LogP) is -0.399. The standard InChI is InChI=1S/C13H17NO8S/c1-6(15)19-4-9-11(18)12(20-7(2)16)10(14-5-23)13(22-9)21-8(3)17/h9-13,18H,4H2,1-3H3/t9-,10-,11-,12-,13?/m1/s1. The number of aliphatic imine (C=N–C) groups is 1. The highest BCUT2D eigenvalue weighted by Gasteiger charge is 2.49. The Labute approximate surface area is 137 Å². The van der Waals surface area contributed by atoms with Gasteiger partial charge in [-0.1, -0.05) is 0 Å². The van der Waals surface area contributed by atoms with E-state index in [0.717, 1.165) is 13.8 Å². The lowest BCUT2D eigenvalue weighted by Gasteiger charge is -2.41. The first-order chi connectivity index (χ1) is 10.8. The number of aliphatic hydroxyl groups excluding tert-OH is 1. The molecule has 1 fully saturated rings. The zero-order chi connectivity index (χ0) is 17.6. The third kappa shape index (κ3) is 5.68. The van der Waals surface area contributed by atoms with E-state index < -0.39 is 48.6 Å².